The summed E-state index contributed by atoms with van der Waals surface area (Å²) in [5, 5.41) is 0. The van der Waals surface area contributed by atoms with E-state index in [-0.39, 0.29) is 0 Å². The molecule has 0 amide bonds. The standard InChI is InChI=1S/C11H14ClNO/c12-5-6-13-7-8-14-11-4-2-1-3-10(11)9-13/h1-4H,5-9H2. The van der Waals surface area contributed by atoms with Crippen molar-refractivity contribution in [2.45, 2.75) is 6.54 Å². The first-order valence-corrected chi connectivity index (χ1v) is 5.42. The van der Waals surface area contributed by atoms with E-state index in [1.807, 2.05) is 18.2 Å². The van der Waals surface area contributed by atoms with Crippen LogP contribution < -0.4 is 4.74 Å². The van der Waals surface area contributed by atoms with Crippen molar-refractivity contribution < 1.29 is 4.74 Å². The van der Waals surface area contributed by atoms with E-state index in [0.717, 1.165) is 32.0 Å². The van der Waals surface area contributed by atoms with Crippen LogP contribution in [-0.2, 0) is 6.54 Å². The summed E-state index contributed by atoms with van der Waals surface area (Å²) in [7, 11) is 0. The van der Waals surface area contributed by atoms with E-state index in [2.05, 4.69) is 11.0 Å². The zero-order valence-corrected chi connectivity index (χ0v) is 8.83. The van der Waals surface area contributed by atoms with Gasteiger partial charge in [-0.25, -0.2) is 0 Å². The topological polar surface area (TPSA) is 12.5 Å². The van der Waals surface area contributed by atoms with E-state index < -0.39 is 0 Å². The van der Waals surface area contributed by atoms with E-state index in [9.17, 15) is 0 Å². The van der Waals surface area contributed by atoms with Gasteiger partial charge in [-0.15, -0.1) is 11.6 Å². The Bertz CT molecular complexity index is 303. The first-order valence-electron chi connectivity index (χ1n) is 4.89. The molecule has 76 valence electrons. The quantitative estimate of drug-likeness (QED) is 0.695. The Kier molecular flexibility index (Phi) is 3.27. The van der Waals surface area contributed by atoms with Gasteiger partial charge in [0.2, 0.25) is 0 Å². The first kappa shape index (κ1) is 9.81. The van der Waals surface area contributed by atoms with Gasteiger partial charge in [0.25, 0.3) is 0 Å². The number of benzene rings is 1. The fraction of sp³-hybridized carbons (Fsp3) is 0.455. The Morgan fingerprint density at radius 2 is 2.21 bits per heavy atom. The third kappa shape index (κ3) is 2.20. The van der Waals surface area contributed by atoms with Crippen LogP contribution in [0.2, 0.25) is 0 Å². The summed E-state index contributed by atoms with van der Waals surface area (Å²) in [6, 6.07) is 8.20. The van der Waals surface area contributed by atoms with Gasteiger partial charge >= 0.3 is 0 Å². The van der Waals surface area contributed by atoms with Crippen molar-refractivity contribution in [1.29, 1.82) is 0 Å². The van der Waals surface area contributed by atoms with E-state index in [0.29, 0.717) is 5.88 Å². The molecular weight excluding hydrogens is 198 g/mol. The van der Waals surface area contributed by atoms with E-state index >= 15 is 0 Å². The lowest BCUT2D eigenvalue weighted by Gasteiger charge is -2.17. The number of fused-ring (bicyclic) bond motifs is 1. The Hall–Kier alpha value is -0.730. The third-order valence-corrected chi connectivity index (χ3v) is 2.60. The minimum absolute atomic E-state index is 0.683. The van der Waals surface area contributed by atoms with Crippen LogP contribution in [0.1, 0.15) is 5.56 Å². The normalized spacial score (nSPS) is 16.9. The van der Waals surface area contributed by atoms with Crippen LogP contribution >= 0.6 is 11.6 Å². The number of halogens is 1. The van der Waals surface area contributed by atoms with Crippen molar-refractivity contribution in [3.8, 4) is 5.75 Å². The van der Waals surface area contributed by atoms with Gasteiger partial charge in [-0.05, 0) is 6.07 Å². The van der Waals surface area contributed by atoms with Crippen molar-refractivity contribution in [3.63, 3.8) is 0 Å². The van der Waals surface area contributed by atoms with Crippen molar-refractivity contribution in [3.05, 3.63) is 29.8 Å². The van der Waals surface area contributed by atoms with Gasteiger partial charge in [0.1, 0.15) is 12.4 Å². The molecule has 1 aliphatic heterocycles. The number of hydrogen-bond donors (Lipinski definition) is 0. The molecule has 2 nitrogen and oxygen atoms in total. The van der Waals surface area contributed by atoms with Gasteiger partial charge in [0, 0.05) is 31.1 Å². The van der Waals surface area contributed by atoms with E-state index in [4.69, 9.17) is 16.3 Å². The van der Waals surface area contributed by atoms with E-state index in [1.54, 1.807) is 0 Å². The maximum atomic E-state index is 5.73. The zero-order chi connectivity index (χ0) is 9.80. The van der Waals surface area contributed by atoms with Crippen LogP contribution in [0.4, 0.5) is 0 Å². The Morgan fingerprint density at radius 1 is 1.36 bits per heavy atom. The van der Waals surface area contributed by atoms with Crippen LogP contribution in [0.25, 0.3) is 0 Å². The molecule has 3 heteroatoms. The lowest BCUT2D eigenvalue weighted by molar-refractivity contribution is 0.235. The van der Waals surface area contributed by atoms with Gasteiger partial charge < -0.3 is 4.74 Å². The van der Waals surface area contributed by atoms with Crippen molar-refractivity contribution in [2.75, 3.05) is 25.6 Å². The molecule has 0 unspecified atom stereocenters. The lowest BCUT2D eigenvalue weighted by Crippen LogP contribution is -2.27. The molecule has 0 aromatic heterocycles. The largest absolute Gasteiger partial charge is 0.492 e. The molecule has 1 aromatic rings. The first-order chi connectivity index (χ1) is 6.90. The molecule has 0 atom stereocenters. The number of nitrogens with zero attached hydrogens (tertiary/aromatic N) is 1. The minimum atomic E-state index is 0.683. The second-order valence-electron chi connectivity index (χ2n) is 3.42. The van der Waals surface area contributed by atoms with Crippen molar-refractivity contribution in [1.82, 2.24) is 4.90 Å². The highest BCUT2D eigenvalue weighted by molar-refractivity contribution is 6.18. The Balaban J connectivity index is 2.14. The van der Waals surface area contributed by atoms with Gasteiger partial charge in [0.15, 0.2) is 0 Å². The molecule has 0 radical (unpaired) electrons. The summed E-state index contributed by atoms with van der Waals surface area (Å²) in [5.41, 5.74) is 1.26. The average molecular weight is 212 g/mol. The van der Waals surface area contributed by atoms with Crippen LogP contribution in [0.3, 0.4) is 0 Å². The van der Waals surface area contributed by atoms with Gasteiger partial charge in [-0.3, -0.25) is 4.90 Å². The molecule has 0 saturated carbocycles. The highest BCUT2D eigenvalue weighted by Crippen LogP contribution is 2.21. The predicted molar refractivity (Wildman–Crippen MR) is 57.9 cm³/mol. The van der Waals surface area contributed by atoms with Crippen LogP contribution in [-0.4, -0.2) is 30.5 Å². The van der Waals surface area contributed by atoms with Crippen molar-refractivity contribution >= 4 is 11.6 Å². The highest BCUT2D eigenvalue weighted by Gasteiger charge is 2.13. The number of para-hydroxylation sites is 1. The molecule has 1 aromatic carbocycles. The molecule has 0 saturated heterocycles. The van der Waals surface area contributed by atoms with Gasteiger partial charge in [-0.2, -0.15) is 0 Å². The second kappa shape index (κ2) is 4.67. The van der Waals surface area contributed by atoms with Crippen LogP contribution in [0.15, 0.2) is 24.3 Å². The fourth-order valence-electron chi connectivity index (χ4n) is 1.69. The summed E-state index contributed by atoms with van der Waals surface area (Å²) in [5.74, 6) is 1.70. The summed E-state index contributed by atoms with van der Waals surface area (Å²) < 4.78 is 5.64. The molecule has 0 N–H and O–H groups in total. The minimum Gasteiger partial charge on any atom is -0.492 e. The predicted octanol–water partition coefficient (Wildman–Crippen LogP) is 2.12. The van der Waals surface area contributed by atoms with Gasteiger partial charge in [0.05, 0.1) is 0 Å². The molecule has 1 aliphatic rings. The smallest absolute Gasteiger partial charge is 0.123 e. The molecule has 0 aliphatic carbocycles. The van der Waals surface area contributed by atoms with Gasteiger partial charge in [-0.1, -0.05) is 18.2 Å². The summed E-state index contributed by atoms with van der Waals surface area (Å²) in [6.45, 7) is 3.59. The number of hydrogen-bond acceptors (Lipinski definition) is 2. The molecular formula is C11H14ClNO. The number of ether oxygens (including phenoxy) is 1. The lowest BCUT2D eigenvalue weighted by atomic mass is 10.2. The maximum Gasteiger partial charge on any atom is 0.123 e. The number of alkyl halides is 1. The van der Waals surface area contributed by atoms with Crippen molar-refractivity contribution in [2.24, 2.45) is 0 Å². The van der Waals surface area contributed by atoms with Crippen LogP contribution in [0.5, 0.6) is 5.75 Å². The maximum absolute atomic E-state index is 5.73. The molecule has 0 bridgehead atoms. The monoisotopic (exact) mass is 211 g/mol. The number of rotatable bonds is 2. The Labute approximate surface area is 89.4 Å². The summed E-state index contributed by atoms with van der Waals surface area (Å²) >= 11 is 5.73. The van der Waals surface area contributed by atoms with E-state index in [1.165, 1.54) is 5.56 Å². The average Bonchev–Trinajstić information content (AvgIpc) is 2.40. The SMILES string of the molecule is ClCCN1CCOc2ccccc2C1. The third-order valence-electron chi connectivity index (χ3n) is 2.43. The molecule has 14 heavy (non-hydrogen) atoms. The highest BCUT2D eigenvalue weighted by atomic mass is 35.5. The fourth-order valence-corrected chi connectivity index (χ4v) is 1.93. The zero-order valence-electron chi connectivity index (χ0n) is 8.08. The molecule has 0 spiro atoms. The van der Waals surface area contributed by atoms with Crippen LogP contribution in [0, 0.1) is 0 Å². The second-order valence-corrected chi connectivity index (χ2v) is 3.80. The molecule has 1 heterocycles. The Morgan fingerprint density at radius 3 is 3.07 bits per heavy atom. The molecule has 0 fully saturated rings. The molecule has 2 rings (SSSR count). The summed E-state index contributed by atoms with van der Waals surface area (Å²) in [6.07, 6.45) is 0. The summed E-state index contributed by atoms with van der Waals surface area (Å²) in [4.78, 5) is 2.32.